The molecule has 1 aliphatic heterocycles. The average Bonchev–Trinajstić information content (AvgIpc) is 3.19. The van der Waals surface area contributed by atoms with Crippen LogP contribution in [0.25, 0.3) is 0 Å². The summed E-state index contributed by atoms with van der Waals surface area (Å²) in [4.78, 5) is 2.28. The van der Waals surface area contributed by atoms with Crippen LogP contribution >= 0.6 is 23.2 Å². The highest BCUT2D eigenvalue weighted by Gasteiger charge is 2.45. The third kappa shape index (κ3) is 4.10. The lowest BCUT2D eigenvalue weighted by Crippen LogP contribution is -2.45. The van der Waals surface area contributed by atoms with Gasteiger partial charge in [-0.25, -0.2) is 4.39 Å². The molecule has 21 heavy (non-hydrogen) atoms. The van der Waals surface area contributed by atoms with Gasteiger partial charge in [-0.15, -0.1) is 0 Å². The quantitative estimate of drug-likeness (QED) is 0.876. The molecule has 1 saturated carbocycles. The smallest absolute Gasteiger partial charge is 0.123 e. The van der Waals surface area contributed by atoms with E-state index >= 15 is 0 Å². The number of hydrogen-bond acceptors (Lipinski definition) is 2. The molecule has 1 aromatic rings. The van der Waals surface area contributed by atoms with Crippen molar-refractivity contribution in [2.45, 2.75) is 43.9 Å². The summed E-state index contributed by atoms with van der Waals surface area (Å²) in [7, 11) is 0. The summed E-state index contributed by atoms with van der Waals surface area (Å²) in [5.74, 6) is 0. The second kappa shape index (κ2) is 6.41. The zero-order valence-corrected chi connectivity index (χ0v) is 13.6. The molecule has 0 bridgehead atoms. The van der Waals surface area contributed by atoms with E-state index in [1.807, 2.05) is 12.1 Å². The summed E-state index contributed by atoms with van der Waals surface area (Å²) >= 11 is 12.2. The maximum absolute atomic E-state index is 14.3. The van der Waals surface area contributed by atoms with Gasteiger partial charge in [-0.05, 0) is 56.5 Å². The maximum Gasteiger partial charge on any atom is 0.123 e. The number of rotatable bonds is 5. The number of hydrogen-bond donors (Lipinski definition) is 1. The molecule has 0 unspecified atom stereocenters. The van der Waals surface area contributed by atoms with E-state index in [0.29, 0.717) is 42.0 Å². The Labute approximate surface area is 135 Å². The lowest BCUT2D eigenvalue weighted by molar-refractivity contribution is 0.104. The van der Waals surface area contributed by atoms with Gasteiger partial charge >= 0.3 is 0 Å². The first-order valence-electron chi connectivity index (χ1n) is 7.63. The molecule has 1 saturated heterocycles. The van der Waals surface area contributed by atoms with Crippen LogP contribution < -0.4 is 5.32 Å². The molecule has 5 heteroatoms. The second-order valence-electron chi connectivity index (χ2n) is 6.27. The monoisotopic (exact) mass is 330 g/mol. The van der Waals surface area contributed by atoms with Crippen molar-refractivity contribution in [1.29, 1.82) is 0 Å². The summed E-state index contributed by atoms with van der Waals surface area (Å²) in [6, 6.07) is 6.01. The molecule has 2 nitrogen and oxygen atoms in total. The summed E-state index contributed by atoms with van der Waals surface area (Å²) in [5.41, 5.74) is 0.0629. The van der Waals surface area contributed by atoms with Crippen LogP contribution in [0.3, 0.4) is 0 Å². The zero-order chi connectivity index (χ0) is 14.9. The molecular formula is C16H21Cl2FN2. The van der Waals surface area contributed by atoms with Crippen LogP contribution in [0.15, 0.2) is 18.2 Å². The summed E-state index contributed by atoms with van der Waals surface area (Å²) in [6.45, 7) is 3.24. The topological polar surface area (TPSA) is 15.3 Å². The Balaban J connectivity index is 1.74. The van der Waals surface area contributed by atoms with Crippen LogP contribution in [-0.2, 0) is 6.54 Å². The average molecular weight is 331 g/mol. The molecule has 3 rings (SSSR count). The number of nitrogens with zero attached hydrogens (tertiary/aromatic N) is 1. The highest BCUT2D eigenvalue weighted by Crippen LogP contribution is 2.41. The Bertz CT molecular complexity index is 499. The fraction of sp³-hybridized carbons (Fsp3) is 0.625. The first-order valence-corrected chi connectivity index (χ1v) is 8.39. The molecule has 2 aliphatic rings. The summed E-state index contributed by atoms with van der Waals surface area (Å²) < 4.78 is 14.3. The van der Waals surface area contributed by atoms with Gasteiger partial charge in [0, 0.05) is 29.2 Å². The van der Waals surface area contributed by atoms with Gasteiger partial charge < -0.3 is 5.32 Å². The molecule has 0 amide bonds. The van der Waals surface area contributed by atoms with E-state index < -0.39 is 5.67 Å². The maximum atomic E-state index is 14.3. The minimum atomic E-state index is -0.968. The zero-order valence-electron chi connectivity index (χ0n) is 12.0. The molecule has 0 radical (unpaired) electrons. The standard InChI is InChI=1S/C16H21Cl2FN2/c17-13-2-1-12(15(18)9-13)10-21(11-16(19)5-6-16)14-3-7-20-8-4-14/h1-2,9,14,20H,3-8,10-11H2. The minimum Gasteiger partial charge on any atom is -0.317 e. The normalized spacial score (nSPS) is 21.7. The van der Waals surface area contributed by atoms with E-state index in [1.54, 1.807) is 6.07 Å². The third-order valence-electron chi connectivity index (χ3n) is 4.49. The molecule has 116 valence electrons. The number of alkyl halides is 1. The van der Waals surface area contributed by atoms with Gasteiger partial charge in [-0.2, -0.15) is 0 Å². The third-order valence-corrected chi connectivity index (χ3v) is 5.08. The first kappa shape index (κ1) is 15.5. The molecule has 0 spiro atoms. The van der Waals surface area contributed by atoms with Crippen molar-refractivity contribution in [2.75, 3.05) is 19.6 Å². The molecule has 0 atom stereocenters. The van der Waals surface area contributed by atoms with Gasteiger partial charge in [0.25, 0.3) is 0 Å². The van der Waals surface area contributed by atoms with E-state index in [0.717, 1.165) is 31.5 Å². The number of halogens is 3. The Morgan fingerprint density at radius 1 is 1.24 bits per heavy atom. The molecular weight excluding hydrogens is 310 g/mol. The van der Waals surface area contributed by atoms with E-state index in [9.17, 15) is 4.39 Å². The minimum absolute atomic E-state index is 0.436. The first-order chi connectivity index (χ1) is 10.1. The fourth-order valence-corrected chi connectivity index (χ4v) is 3.48. The van der Waals surface area contributed by atoms with Crippen LogP contribution in [0.1, 0.15) is 31.2 Å². The van der Waals surface area contributed by atoms with Crippen molar-refractivity contribution in [3.8, 4) is 0 Å². The fourth-order valence-electron chi connectivity index (χ4n) is 3.01. The second-order valence-corrected chi connectivity index (χ2v) is 7.12. The Hall–Kier alpha value is -0.350. The number of nitrogens with one attached hydrogen (secondary N) is 1. The lowest BCUT2D eigenvalue weighted by atomic mass is 10.0. The number of benzene rings is 1. The van der Waals surface area contributed by atoms with Crippen LogP contribution in [0.4, 0.5) is 4.39 Å². The van der Waals surface area contributed by atoms with Gasteiger partial charge in [0.05, 0.1) is 0 Å². The van der Waals surface area contributed by atoms with Gasteiger partial charge in [-0.3, -0.25) is 4.90 Å². The highest BCUT2D eigenvalue weighted by atomic mass is 35.5. The number of piperidine rings is 1. The molecule has 1 aliphatic carbocycles. The highest BCUT2D eigenvalue weighted by molar-refractivity contribution is 6.35. The van der Waals surface area contributed by atoms with Crippen molar-refractivity contribution >= 4 is 23.2 Å². The molecule has 1 heterocycles. The SMILES string of the molecule is FC1(CN(Cc2ccc(Cl)cc2Cl)C2CCNCC2)CC1. The van der Waals surface area contributed by atoms with E-state index in [4.69, 9.17) is 23.2 Å². The van der Waals surface area contributed by atoms with Gasteiger partial charge in [0.2, 0.25) is 0 Å². The van der Waals surface area contributed by atoms with Crippen molar-refractivity contribution in [1.82, 2.24) is 10.2 Å². The summed E-state index contributed by atoms with van der Waals surface area (Å²) in [5, 5.41) is 4.68. The van der Waals surface area contributed by atoms with Gasteiger partial charge in [0.15, 0.2) is 0 Å². The Morgan fingerprint density at radius 3 is 2.57 bits per heavy atom. The molecule has 1 N–H and O–H groups in total. The van der Waals surface area contributed by atoms with E-state index in [-0.39, 0.29) is 0 Å². The van der Waals surface area contributed by atoms with Crippen LogP contribution in [0.5, 0.6) is 0 Å². The van der Waals surface area contributed by atoms with Crippen LogP contribution in [0.2, 0.25) is 10.0 Å². The van der Waals surface area contributed by atoms with Gasteiger partial charge in [0.1, 0.15) is 5.67 Å². The van der Waals surface area contributed by atoms with Crippen molar-refractivity contribution in [3.63, 3.8) is 0 Å². The molecule has 2 fully saturated rings. The lowest BCUT2D eigenvalue weighted by Gasteiger charge is -2.35. The van der Waals surface area contributed by atoms with Gasteiger partial charge in [-0.1, -0.05) is 29.3 Å². The largest absolute Gasteiger partial charge is 0.317 e. The predicted octanol–water partition coefficient (Wildman–Crippen LogP) is 4.05. The van der Waals surface area contributed by atoms with Crippen LogP contribution in [0, 0.1) is 0 Å². The summed E-state index contributed by atoms with van der Waals surface area (Å²) in [6.07, 6.45) is 3.54. The van der Waals surface area contributed by atoms with E-state index in [2.05, 4.69) is 10.2 Å². The Morgan fingerprint density at radius 2 is 1.95 bits per heavy atom. The Kier molecular flexibility index (Phi) is 4.75. The van der Waals surface area contributed by atoms with Crippen LogP contribution in [-0.4, -0.2) is 36.2 Å². The van der Waals surface area contributed by atoms with Crippen molar-refractivity contribution < 1.29 is 4.39 Å². The molecule has 0 aromatic heterocycles. The van der Waals surface area contributed by atoms with Crippen molar-refractivity contribution in [2.24, 2.45) is 0 Å². The predicted molar refractivity (Wildman–Crippen MR) is 85.8 cm³/mol. The molecule has 1 aromatic carbocycles. The van der Waals surface area contributed by atoms with Crippen molar-refractivity contribution in [3.05, 3.63) is 33.8 Å². The van der Waals surface area contributed by atoms with E-state index in [1.165, 1.54) is 0 Å².